The molecule has 3 heterocycles. The van der Waals surface area contributed by atoms with Gasteiger partial charge in [-0.15, -0.1) is 0 Å². The highest BCUT2D eigenvalue weighted by Gasteiger charge is 2.35. The number of allylic oxidation sites excluding steroid dienone is 1. The lowest BCUT2D eigenvalue weighted by atomic mass is 9.95. The lowest BCUT2D eigenvalue weighted by molar-refractivity contribution is -0.136. The molecule has 1 aliphatic rings. The summed E-state index contributed by atoms with van der Waals surface area (Å²) in [6.45, 7) is 4.36. The van der Waals surface area contributed by atoms with Crippen LogP contribution in [0.3, 0.4) is 0 Å². The van der Waals surface area contributed by atoms with Gasteiger partial charge in [0.15, 0.2) is 4.80 Å². The molecule has 0 spiro atoms. The number of para-hydroxylation sites is 1. The lowest BCUT2D eigenvalue weighted by Crippen LogP contribution is -2.40. The van der Waals surface area contributed by atoms with Crippen molar-refractivity contribution in [3.05, 3.63) is 130 Å². The van der Waals surface area contributed by atoms with Gasteiger partial charge in [0.1, 0.15) is 11.8 Å². The van der Waals surface area contributed by atoms with E-state index in [1.165, 1.54) is 30.1 Å². The predicted octanol–water partition coefficient (Wildman–Crippen LogP) is 6.04. The molecule has 0 amide bonds. The van der Waals surface area contributed by atoms with Gasteiger partial charge in [-0.1, -0.05) is 70.9 Å². The van der Waals surface area contributed by atoms with Crippen LogP contribution in [0.5, 0.6) is 5.75 Å². The van der Waals surface area contributed by atoms with E-state index in [-0.39, 0.29) is 11.1 Å². The first-order valence-corrected chi connectivity index (χ1v) is 15.1. The fourth-order valence-corrected chi connectivity index (χ4v) is 7.08. The van der Waals surface area contributed by atoms with E-state index >= 15 is 0 Å². The molecule has 0 aliphatic carbocycles. The van der Waals surface area contributed by atoms with Crippen molar-refractivity contribution in [3.8, 4) is 5.75 Å². The summed E-state index contributed by atoms with van der Waals surface area (Å²) in [5.74, 6) is -0.0976. The number of hydrogen-bond donors (Lipinski definition) is 0. The van der Waals surface area contributed by atoms with Gasteiger partial charge in [-0.3, -0.25) is 9.36 Å². The topological polar surface area (TPSA) is 74.8 Å². The normalized spacial score (nSPS) is 15.0. The van der Waals surface area contributed by atoms with Crippen LogP contribution in [0.1, 0.15) is 35.3 Å². The maximum atomic E-state index is 14.2. The van der Waals surface area contributed by atoms with Crippen molar-refractivity contribution < 1.29 is 14.3 Å². The number of methoxy groups -OCH3 is 2. The number of fused-ring (bicyclic) bond motifs is 2. The first kappa shape index (κ1) is 29.0. The average molecular weight is 633 g/mol. The quantitative estimate of drug-likeness (QED) is 0.214. The molecule has 3 aromatic carbocycles. The second-order valence-corrected chi connectivity index (χ2v) is 12.0. The van der Waals surface area contributed by atoms with E-state index < -0.39 is 12.0 Å². The zero-order valence-electron chi connectivity index (χ0n) is 23.9. The molecule has 0 unspecified atom stereocenters. The number of thiazole rings is 1. The summed E-state index contributed by atoms with van der Waals surface area (Å²) in [4.78, 5) is 32.5. The molecule has 43 heavy (non-hydrogen) atoms. The van der Waals surface area contributed by atoms with E-state index in [2.05, 4.69) is 15.6 Å². The minimum atomic E-state index is -0.845. The van der Waals surface area contributed by atoms with Crippen LogP contribution in [-0.4, -0.2) is 29.3 Å². The van der Waals surface area contributed by atoms with E-state index in [0.29, 0.717) is 42.9 Å². The van der Waals surface area contributed by atoms with Crippen LogP contribution in [0.4, 0.5) is 0 Å². The van der Waals surface area contributed by atoms with Crippen molar-refractivity contribution in [1.29, 1.82) is 0 Å². The summed E-state index contributed by atoms with van der Waals surface area (Å²) in [5.41, 5.74) is 4.93. The second-order valence-electron chi connectivity index (χ2n) is 10.2. The zero-order chi connectivity index (χ0) is 30.4. The first-order chi connectivity index (χ1) is 20.7. The molecule has 0 N–H and O–H groups in total. The van der Waals surface area contributed by atoms with Gasteiger partial charge in [0.25, 0.3) is 5.56 Å². The second kappa shape index (κ2) is 11.5. The lowest BCUT2D eigenvalue weighted by Gasteiger charge is -2.25. The molecular weight excluding hydrogens is 605 g/mol. The maximum Gasteiger partial charge on any atom is 0.338 e. The van der Waals surface area contributed by atoms with E-state index in [1.54, 1.807) is 25.1 Å². The van der Waals surface area contributed by atoms with Crippen LogP contribution >= 0.6 is 34.5 Å². The summed E-state index contributed by atoms with van der Waals surface area (Å²) in [6, 6.07) is 20.2. The van der Waals surface area contributed by atoms with Gasteiger partial charge in [0.05, 0.1) is 30.0 Å². The van der Waals surface area contributed by atoms with Gasteiger partial charge in [0.2, 0.25) is 0 Å². The average Bonchev–Trinajstić information content (AvgIpc) is 3.45. The van der Waals surface area contributed by atoms with Crippen LogP contribution < -0.4 is 19.6 Å². The number of ether oxygens (including phenoxy) is 2. The van der Waals surface area contributed by atoms with Crippen LogP contribution in [0.2, 0.25) is 10.0 Å². The Kier molecular flexibility index (Phi) is 7.77. The number of benzene rings is 3. The Morgan fingerprint density at radius 2 is 1.79 bits per heavy atom. The molecule has 0 bridgehead atoms. The standard InChI is InChI=1S/C33H27Cl2N3O4S/c1-18-29(32(40)42-4)30(24-15-21(34)13-14-27(24)41-3)38-31(39)28(43-33(38)36-18)16-23-19(2)37(26-12-8-6-10-22(23)26)17-20-9-5-7-11-25(20)35/h5-16,30H,17H2,1-4H3/b28-16-/t30-/m0/s1. The van der Waals surface area contributed by atoms with Crippen LogP contribution in [-0.2, 0) is 16.1 Å². The Labute approximate surface area is 261 Å². The molecule has 1 atom stereocenters. The number of hydrogen-bond acceptors (Lipinski definition) is 6. The van der Waals surface area contributed by atoms with Crippen molar-refractivity contribution >= 4 is 57.5 Å². The van der Waals surface area contributed by atoms with Crippen LogP contribution in [0.15, 0.2) is 87.8 Å². The number of aromatic nitrogens is 2. The molecule has 218 valence electrons. The Morgan fingerprint density at radius 1 is 1.05 bits per heavy atom. The largest absolute Gasteiger partial charge is 0.496 e. The van der Waals surface area contributed by atoms with Crippen molar-refractivity contribution in [2.75, 3.05) is 14.2 Å². The fourth-order valence-electron chi connectivity index (χ4n) is 5.68. The van der Waals surface area contributed by atoms with Gasteiger partial charge in [0, 0.05) is 44.3 Å². The molecule has 0 saturated heterocycles. The van der Waals surface area contributed by atoms with Gasteiger partial charge < -0.3 is 14.0 Å². The molecule has 5 aromatic rings. The smallest absolute Gasteiger partial charge is 0.338 e. The molecule has 7 nitrogen and oxygen atoms in total. The highest BCUT2D eigenvalue weighted by molar-refractivity contribution is 7.07. The minimum Gasteiger partial charge on any atom is -0.496 e. The zero-order valence-corrected chi connectivity index (χ0v) is 26.2. The predicted molar refractivity (Wildman–Crippen MR) is 171 cm³/mol. The van der Waals surface area contributed by atoms with E-state index in [0.717, 1.165) is 27.7 Å². The van der Waals surface area contributed by atoms with E-state index in [4.69, 9.17) is 32.7 Å². The SMILES string of the molecule is COC(=O)C1=C(C)N=c2s/c(=C\c3c(C)n(Cc4ccccc4Cl)c4ccccc34)c(=O)n2[C@H]1c1cc(Cl)ccc1OC. The highest BCUT2D eigenvalue weighted by atomic mass is 35.5. The molecule has 6 rings (SSSR count). The van der Waals surface area contributed by atoms with Crippen molar-refractivity contribution in [2.24, 2.45) is 4.99 Å². The molecule has 2 aromatic heterocycles. The molecule has 10 heteroatoms. The molecule has 0 radical (unpaired) electrons. The summed E-state index contributed by atoms with van der Waals surface area (Å²) < 4.78 is 15.0. The summed E-state index contributed by atoms with van der Waals surface area (Å²) in [6.07, 6.45) is 1.91. The number of halogens is 2. The van der Waals surface area contributed by atoms with Crippen molar-refractivity contribution in [1.82, 2.24) is 9.13 Å². The van der Waals surface area contributed by atoms with Crippen LogP contribution in [0.25, 0.3) is 17.0 Å². The third kappa shape index (κ3) is 4.99. The highest BCUT2D eigenvalue weighted by Crippen LogP contribution is 2.37. The van der Waals surface area contributed by atoms with Gasteiger partial charge >= 0.3 is 5.97 Å². The van der Waals surface area contributed by atoms with E-state index in [1.807, 2.05) is 55.5 Å². The third-order valence-corrected chi connectivity index (χ3v) is 9.34. The third-order valence-electron chi connectivity index (χ3n) is 7.75. The monoisotopic (exact) mass is 631 g/mol. The number of nitrogens with zero attached hydrogens (tertiary/aromatic N) is 3. The van der Waals surface area contributed by atoms with Crippen molar-refractivity contribution in [2.45, 2.75) is 26.4 Å². The molecule has 1 aliphatic heterocycles. The Hall–Kier alpha value is -4.11. The summed E-state index contributed by atoms with van der Waals surface area (Å²) in [7, 11) is 2.84. The molecule has 0 saturated carbocycles. The van der Waals surface area contributed by atoms with E-state index in [9.17, 15) is 9.59 Å². The Balaban J connectivity index is 1.59. The maximum absolute atomic E-state index is 14.2. The van der Waals surface area contributed by atoms with Gasteiger partial charge in [-0.05, 0) is 55.8 Å². The molecular formula is C33H27Cl2N3O4S. The Morgan fingerprint density at radius 3 is 2.53 bits per heavy atom. The minimum absolute atomic E-state index is 0.245. The number of carbonyl (C=O) groups excluding carboxylic acids is 1. The van der Waals surface area contributed by atoms with Gasteiger partial charge in [-0.25, -0.2) is 9.79 Å². The number of esters is 1. The number of carbonyl (C=O) groups is 1. The summed E-state index contributed by atoms with van der Waals surface area (Å²) in [5, 5.41) is 2.15. The first-order valence-electron chi connectivity index (χ1n) is 13.5. The molecule has 0 fully saturated rings. The number of rotatable bonds is 6. The van der Waals surface area contributed by atoms with Crippen molar-refractivity contribution in [3.63, 3.8) is 0 Å². The summed E-state index contributed by atoms with van der Waals surface area (Å²) >= 11 is 14.2. The van der Waals surface area contributed by atoms with Gasteiger partial charge in [-0.2, -0.15) is 0 Å². The fraction of sp³-hybridized carbons (Fsp3) is 0.182. The Bertz CT molecular complexity index is 2140. The van der Waals surface area contributed by atoms with Crippen LogP contribution in [0, 0.1) is 6.92 Å².